The highest BCUT2D eigenvalue weighted by Crippen LogP contribution is 2.28. The second kappa shape index (κ2) is 11.8. The normalized spacial score (nSPS) is 14.0. The number of hydrogen-bond acceptors (Lipinski definition) is 4. The van der Waals surface area contributed by atoms with Crippen molar-refractivity contribution in [3.05, 3.63) is 69.0 Å². The van der Waals surface area contributed by atoms with Gasteiger partial charge in [-0.1, -0.05) is 31.4 Å². The van der Waals surface area contributed by atoms with Crippen molar-refractivity contribution in [3.63, 3.8) is 0 Å². The topological polar surface area (TPSA) is 66.6 Å². The van der Waals surface area contributed by atoms with Crippen LogP contribution in [0.25, 0.3) is 10.9 Å². The molecule has 1 heterocycles. The molecule has 0 radical (unpaired) electrons. The summed E-state index contributed by atoms with van der Waals surface area (Å²) >= 11 is 5.90. The van der Waals surface area contributed by atoms with Gasteiger partial charge in [0.2, 0.25) is 0 Å². The number of thiocarbonyl (C=S) groups is 1. The van der Waals surface area contributed by atoms with E-state index < -0.39 is 0 Å². The predicted octanol–water partition coefficient (Wildman–Crippen LogP) is 5.41. The molecule has 1 aromatic heterocycles. The summed E-state index contributed by atoms with van der Waals surface area (Å²) in [5.74, 6) is 1.45. The highest BCUT2D eigenvalue weighted by atomic mass is 32.1. The molecule has 0 bridgehead atoms. The van der Waals surface area contributed by atoms with E-state index in [-0.39, 0.29) is 5.56 Å². The van der Waals surface area contributed by atoms with Crippen LogP contribution in [0.3, 0.4) is 0 Å². The quantitative estimate of drug-likeness (QED) is 0.397. The first kappa shape index (κ1) is 26.0. The number of benzene rings is 2. The monoisotopic (exact) mass is 507 g/mol. The molecule has 7 heteroatoms. The second-order valence-corrected chi connectivity index (χ2v) is 10.1. The molecule has 1 fully saturated rings. The predicted molar refractivity (Wildman–Crippen MR) is 150 cm³/mol. The van der Waals surface area contributed by atoms with Crippen LogP contribution < -0.4 is 20.3 Å². The lowest BCUT2D eigenvalue weighted by Gasteiger charge is -2.36. The number of nitrogens with one attached hydrogen (secondary N) is 2. The first-order valence-corrected chi connectivity index (χ1v) is 13.2. The fourth-order valence-corrected chi connectivity index (χ4v) is 5.54. The minimum atomic E-state index is -0.0403. The van der Waals surface area contributed by atoms with E-state index in [9.17, 15) is 4.79 Å². The van der Waals surface area contributed by atoms with Crippen LogP contribution in [0, 0.1) is 13.8 Å². The summed E-state index contributed by atoms with van der Waals surface area (Å²) in [5, 5.41) is 5.26. The van der Waals surface area contributed by atoms with Crippen LogP contribution in [0.2, 0.25) is 0 Å². The number of aromatic amines is 1. The van der Waals surface area contributed by atoms with Gasteiger partial charge in [-0.2, -0.15) is 0 Å². The molecule has 192 valence electrons. The Balaban J connectivity index is 1.51. The van der Waals surface area contributed by atoms with Crippen LogP contribution in [0.15, 0.2) is 41.2 Å². The third-order valence-corrected chi connectivity index (χ3v) is 7.52. The van der Waals surface area contributed by atoms with E-state index in [1.807, 2.05) is 30.3 Å². The molecule has 0 amide bonds. The summed E-state index contributed by atoms with van der Waals surface area (Å²) in [6.07, 6.45) is 6.65. The van der Waals surface area contributed by atoms with E-state index in [0.29, 0.717) is 24.2 Å². The molecule has 2 N–H and O–H groups in total. The minimum Gasteiger partial charge on any atom is -0.493 e. The number of rotatable bonds is 8. The minimum absolute atomic E-state index is 0.0403. The van der Waals surface area contributed by atoms with Gasteiger partial charge in [-0.15, -0.1) is 0 Å². The summed E-state index contributed by atoms with van der Waals surface area (Å²) in [5.41, 5.74) is 5.06. The van der Waals surface area contributed by atoms with Gasteiger partial charge in [0.15, 0.2) is 16.6 Å². The first-order valence-electron chi connectivity index (χ1n) is 12.8. The molecule has 1 aliphatic rings. The molecular formula is C29H37N3O3S. The van der Waals surface area contributed by atoms with Crippen LogP contribution >= 0.6 is 12.2 Å². The van der Waals surface area contributed by atoms with Gasteiger partial charge >= 0.3 is 0 Å². The van der Waals surface area contributed by atoms with Gasteiger partial charge in [-0.25, -0.2) is 0 Å². The number of hydrogen-bond donors (Lipinski definition) is 2. The Labute approximate surface area is 219 Å². The lowest BCUT2D eigenvalue weighted by molar-refractivity contribution is 0.234. The zero-order valence-electron chi connectivity index (χ0n) is 21.8. The van der Waals surface area contributed by atoms with Gasteiger partial charge in [0, 0.05) is 29.1 Å². The van der Waals surface area contributed by atoms with Gasteiger partial charge in [-0.3, -0.25) is 4.79 Å². The van der Waals surface area contributed by atoms with Crippen molar-refractivity contribution in [2.45, 2.75) is 65.0 Å². The van der Waals surface area contributed by atoms with Crippen LogP contribution in [0.1, 0.15) is 54.4 Å². The maximum Gasteiger partial charge on any atom is 0.253 e. The number of methoxy groups -OCH3 is 2. The second-order valence-electron chi connectivity index (χ2n) is 9.76. The van der Waals surface area contributed by atoms with E-state index in [2.05, 4.69) is 35.1 Å². The average Bonchev–Trinajstić information content (AvgIpc) is 2.87. The summed E-state index contributed by atoms with van der Waals surface area (Å²) < 4.78 is 10.8. The Morgan fingerprint density at radius 1 is 1.06 bits per heavy atom. The van der Waals surface area contributed by atoms with Crippen LogP contribution in [0.4, 0.5) is 0 Å². The molecule has 36 heavy (non-hydrogen) atoms. The number of H-pyrrole nitrogens is 1. The van der Waals surface area contributed by atoms with Crippen molar-refractivity contribution in [2.24, 2.45) is 0 Å². The molecule has 4 rings (SSSR count). The molecule has 0 spiro atoms. The molecule has 3 aromatic rings. The van der Waals surface area contributed by atoms with Crippen molar-refractivity contribution in [2.75, 3.05) is 20.8 Å². The average molecular weight is 508 g/mol. The molecular weight excluding hydrogens is 470 g/mol. The Morgan fingerprint density at radius 3 is 2.53 bits per heavy atom. The SMILES string of the molecule is COc1ccc(CCNC(=S)N(Cc2cc3c(C)cc(C)cc3[nH]c2=O)C2CCCCC2)cc1OC. The summed E-state index contributed by atoms with van der Waals surface area (Å²) in [4.78, 5) is 18.4. The van der Waals surface area contributed by atoms with E-state index in [4.69, 9.17) is 21.7 Å². The number of fused-ring (bicyclic) bond motifs is 1. The fraction of sp³-hybridized carbons (Fsp3) is 0.448. The lowest BCUT2D eigenvalue weighted by Crippen LogP contribution is -2.47. The zero-order valence-corrected chi connectivity index (χ0v) is 22.6. The molecule has 0 aliphatic heterocycles. The summed E-state index contributed by atoms with van der Waals surface area (Å²) in [7, 11) is 3.29. The van der Waals surface area contributed by atoms with E-state index in [1.165, 1.54) is 24.8 Å². The Hall–Kier alpha value is -3.06. The van der Waals surface area contributed by atoms with Crippen LogP contribution in [-0.4, -0.2) is 41.8 Å². The Kier molecular flexibility index (Phi) is 8.52. The molecule has 0 unspecified atom stereocenters. The number of aromatic nitrogens is 1. The molecule has 0 atom stereocenters. The number of aryl methyl sites for hydroxylation is 2. The lowest BCUT2D eigenvalue weighted by atomic mass is 9.94. The van der Waals surface area contributed by atoms with Gasteiger partial charge in [0.1, 0.15) is 0 Å². The molecule has 0 saturated heterocycles. The van der Waals surface area contributed by atoms with Gasteiger partial charge in [0.05, 0.1) is 20.8 Å². The maximum absolute atomic E-state index is 13.0. The summed E-state index contributed by atoms with van der Waals surface area (Å²) in [6.45, 7) is 5.35. The molecule has 2 aromatic carbocycles. The maximum atomic E-state index is 13.0. The Bertz CT molecular complexity index is 1280. The van der Waals surface area contributed by atoms with Crippen molar-refractivity contribution >= 4 is 28.2 Å². The summed E-state index contributed by atoms with van der Waals surface area (Å²) in [6, 6.07) is 12.6. The standard InChI is InChI=1S/C29H37N3O3S/c1-19-14-20(2)24-17-22(28(33)31-25(24)15-19)18-32(23-8-6-5-7-9-23)29(36)30-13-12-21-10-11-26(34-3)27(16-21)35-4/h10-11,14-17,23H,5-9,12-13,18H2,1-4H3,(H,30,36)(H,31,33). The fourth-order valence-electron chi connectivity index (χ4n) is 5.23. The zero-order chi connectivity index (χ0) is 25.7. The number of pyridine rings is 1. The highest BCUT2D eigenvalue weighted by Gasteiger charge is 2.24. The number of nitrogens with zero attached hydrogens (tertiary/aromatic N) is 1. The van der Waals surface area contributed by atoms with E-state index in [1.54, 1.807) is 14.2 Å². The van der Waals surface area contributed by atoms with Gasteiger partial charge in [-0.05, 0) is 86.3 Å². The highest BCUT2D eigenvalue weighted by molar-refractivity contribution is 7.80. The van der Waals surface area contributed by atoms with E-state index in [0.717, 1.165) is 58.4 Å². The molecule has 1 aliphatic carbocycles. The smallest absolute Gasteiger partial charge is 0.253 e. The molecule has 6 nitrogen and oxygen atoms in total. The number of ether oxygens (including phenoxy) is 2. The molecule has 1 saturated carbocycles. The first-order chi connectivity index (χ1) is 17.4. The van der Waals surface area contributed by atoms with Crippen LogP contribution in [0.5, 0.6) is 11.5 Å². The third-order valence-electron chi connectivity index (χ3n) is 7.14. The van der Waals surface area contributed by atoms with Gasteiger partial charge < -0.3 is 24.7 Å². The van der Waals surface area contributed by atoms with Crippen molar-refractivity contribution < 1.29 is 9.47 Å². The van der Waals surface area contributed by atoms with Crippen molar-refractivity contribution in [3.8, 4) is 11.5 Å². The van der Waals surface area contributed by atoms with E-state index >= 15 is 0 Å². The van der Waals surface area contributed by atoms with Crippen LogP contribution in [-0.2, 0) is 13.0 Å². The van der Waals surface area contributed by atoms with Crippen molar-refractivity contribution in [1.82, 2.24) is 15.2 Å². The Morgan fingerprint density at radius 2 is 1.81 bits per heavy atom. The third kappa shape index (κ3) is 6.01. The van der Waals surface area contributed by atoms with Crippen molar-refractivity contribution in [1.29, 1.82) is 0 Å². The largest absolute Gasteiger partial charge is 0.493 e. The van der Waals surface area contributed by atoms with Gasteiger partial charge in [0.25, 0.3) is 5.56 Å².